The molecule has 5 nitrogen and oxygen atoms in total. The molecule has 0 aliphatic carbocycles. The average molecular weight is 315 g/mol. The fraction of sp³-hybridized carbons (Fsp3) is 0.0625. The third kappa shape index (κ3) is 2.71. The van der Waals surface area contributed by atoms with Crippen molar-refractivity contribution in [2.45, 2.75) is 6.92 Å². The van der Waals surface area contributed by atoms with E-state index in [-0.39, 0.29) is 11.4 Å². The molecule has 0 aliphatic rings. The molecular formula is C16H11ClN2O3. The number of aryl methyl sites for hydroxylation is 1. The number of halogens is 1. The Hall–Kier alpha value is -2.66. The van der Waals surface area contributed by atoms with Crippen LogP contribution < -0.4 is 5.63 Å². The van der Waals surface area contributed by atoms with Gasteiger partial charge in [-0.05, 0) is 48.9 Å². The lowest BCUT2D eigenvalue weighted by Crippen LogP contribution is -2.00. The third-order valence-corrected chi connectivity index (χ3v) is 3.46. The summed E-state index contributed by atoms with van der Waals surface area (Å²) in [5, 5.41) is 18.7. The van der Waals surface area contributed by atoms with Crippen molar-refractivity contribution >= 4 is 33.9 Å². The minimum atomic E-state index is -0.603. The van der Waals surface area contributed by atoms with Crippen molar-refractivity contribution in [3.63, 3.8) is 0 Å². The van der Waals surface area contributed by atoms with Gasteiger partial charge in [0.05, 0.1) is 5.69 Å². The molecule has 0 atom stereocenters. The first-order valence-corrected chi connectivity index (χ1v) is 6.86. The summed E-state index contributed by atoms with van der Waals surface area (Å²) < 4.78 is 5.17. The summed E-state index contributed by atoms with van der Waals surface area (Å²) in [6, 6.07) is 11.4. The maximum absolute atomic E-state index is 12.0. The Balaban J connectivity index is 2.09. The van der Waals surface area contributed by atoms with Crippen molar-refractivity contribution in [2.24, 2.45) is 10.2 Å². The lowest BCUT2D eigenvalue weighted by Gasteiger charge is -2.03. The maximum Gasteiger partial charge on any atom is 0.364 e. The SMILES string of the molecule is Cc1c(N=Nc2ccc(Cl)cc2)c(=O)oc2cc(O)ccc12. The fourth-order valence-corrected chi connectivity index (χ4v) is 2.19. The van der Waals surface area contributed by atoms with Gasteiger partial charge in [-0.25, -0.2) is 4.79 Å². The van der Waals surface area contributed by atoms with Crippen LogP contribution in [-0.2, 0) is 0 Å². The van der Waals surface area contributed by atoms with E-state index in [1.807, 2.05) is 0 Å². The number of nitrogens with zero attached hydrogens (tertiary/aromatic N) is 2. The van der Waals surface area contributed by atoms with Gasteiger partial charge in [-0.3, -0.25) is 0 Å². The van der Waals surface area contributed by atoms with E-state index in [9.17, 15) is 9.90 Å². The molecule has 3 aromatic rings. The highest BCUT2D eigenvalue weighted by Gasteiger charge is 2.11. The minimum absolute atomic E-state index is 0.0330. The molecular weight excluding hydrogens is 304 g/mol. The van der Waals surface area contributed by atoms with E-state index in [0.717, 1.165) is 0 Å². The highest BCUT2D eigenvalue weighted by Crippen LogP contribution is 2.28. The van der Waals surface area contributed by atoms with Crippen LogP contribution in [0.25, 0.3) is 11.0 Å². The second kappa shape index (κ2) is 5.61. The number of fused-ring (bicyclic) bond motifs is 1. The molecule has 0 aliphatic heterocycles. The molecule has 0 saturated heterocycles. The molecule has 6 heteroatoms. The highest BCUT2D eigenvalue weighted by atomic mass is 35.5. The summed E-state index contributed by atoms with van der Waals surface area (Å²) in [4.78, 5) is 12.0. The van der Waals surface area contributed by atoms with Gasteiger partial charge in [-0.1, -0.05) is 11.6 Å². The number of aromatic hydroxyl groups is 1. The molecule has 1 N–H and O–H groups in total. The molecule has 0 radical (unpaired) electrons. The van der Waals surface area contributed by atoms with Gasteiger partial charge >= 0.3 is 5.63 Å². The first-order chi connectivity index (χ1) is 10.5. The number of azo groups is 1. The topological polar surface area (TPSA) is 75.2 Å². The number of hydrogen-bond acceptors (Lipinski definition) is 5. The molecule has 1 aromatic heterocycles. The molecule has 2 aromatic carbocycles. The summed E-state index contributed by atoms with van der Waals surface area (Å²) in [5.41, 5.74) is 1.06. The number of benzene rings is 2. The molecule has 110 valence electrons. The summed E-state index contributed by atoms with van der Waals surface area (Å²) in [5.74, 6) is 0.0330. The third-order valence-electron chi connectivity index (χ3n) is 3.21. The van der Waals surface area contributed by atoms with Gasteiger partial charge in [0.25, 0.3) is 0 Å². The van der Waals surface area contributed by atoms with Gasteiger partial charge < -0.3 is 9.52 Å². The standard InChI is InChI=1S/C16H11ClN2O3/c1-9-13-7-6-12(20)8-14(13)22-16(21)15(9)19-18-11-4-2-10(17)3-5-11/h2-8,20H,1H3. The van der Waals surface area contributed by atoms with Gasteiger partial charge in [-0.2, -0.15) is 5.11 Å². The minimum Gasteiger partial charge on any atom is -0.508 e. The van der Waals surface area contributed by atoms with Gasteiger partial charge in [0, 0.05) is 16.5 Å². The predicted octanol–water partition coefficient (Wildman–Crippen LogP) is 4.88. The van der Waals surface area contributed by atoms with E-state index < -0.39 is 5.63 Å². The Kier molecular flexibility index (Phi) is 3.65. The second-order valence-corrected chi connectivity index (χ2v) is 5.16. The quantitative estimate of drug-likeness (QED) is 0.541. The Morgan fingerprint density at radius 2 is 1.82 bits per heavy atom. The summed E-state index contributed by atoms with van der Waals surface area (Å²) in [6.07, 6.45) is 0. The number of phenolic OH excluding ortho intramolecular Hbond substituents is 1. The Morgan fingerprint density at radius 3 is 2.55 bits per heavy atom. The number of phenols is 1. The van der Waals surface area contributed by atoms with Crippen molar-refractivity contribution in [1.29, 1.82) is 0 Å². The van der Waals surface area contributed by atoms with Crippen LogP contribution in [-0.4, -0.2) is 5.11 Å². The van der Waals surface area contributed by atoms with Gasteiger partial charge in [0.1, 0.15) is 11.3 Å². The van der Waals surface area contributed by atoms with Gasteiger partial charge in [0.2, 0.25) is 0 Å². The first-order valence-electron chi connectivity index (χ1n) is 6.48. The number of hydrogen-bond donors (Lipinski definition) is 1. The lowest BCUT2D eigenvalue weighted by molar-refractivity contribution is 0.473. The van der Waals surface area contributed by atoms with Crippen molar-refractivity contribution in [2.75, 3.05) is 0 Å². The average Bonchev–Trinajstić information content (AvgIpc) is 2.48. The van der Waals surface area contributed by atoms with E-state index in [4.69, 9.17) is 16.0 Å². The van der Waals surface area contributed by atoms with Crippen LogP contribution in [0.3, 0.4) is 0 Å². The normalized spacial score (nSPS) is 11.4. The zero-order chi connectivity index (χ0) is 15.7. The van der Waals surface area contributed by atoms with Crippen LogP contribution in [0.4, 0.5) is 11.4 Å². The van der Waals surface area contributed by atoms with E-state index in [2.05, 4.69) is 10.2 Å². The fourth-order valence-electron chi connectivity index (χ4n) is 2.07. The van der Waals surface area contributed by atoms with Crippen molar-refractivity contribution < 1.29 is 9.52 Å². The van der Waals surface area contributed by atoms with Crippen LogP contribution in [0.1, 0.15) is 5.56 Å². The smallest absolute Gasteiger partial charge is 0.364 e. The first kappa shape index (κ1) is 14.3. The van der Waals surface area contributed by atoms with Crippen molar-refractivity contribution in [3.05, 3.63) is 63.5 Å². The van der Waals surface area contributed by atoms with Crippen molar-refractivity contribution in [1.82, 2.24) is 0 Å². The molecule has 0 fully saturated rings. The molecule has 0 bridgehead atoms. The van der Waals surface area contributed by atoms with E-state index >= 15 is 0 Å². The van der Waals surface area contributed by atoms with E-state index in [1.165, 1.54) is 12.1 Å². The molecule has 1 heterocycles. The summed E-state index contributed by atoms with van der Waals surface area (Å²) in [7, 11) is 0. The largest absolute Gasteiger partial charge is 0.508 e. The van der Waals surface area contributed by atoms with Crippen LogP contribution in [0.5, 0.6) is 5.75 Å². The number of rotatable bonds is 2. The molecule has 22 heavy (non-hydrogen) atoms. The molecule has 0 spiro atoms. The van der Waals surface area contributed by atoms with Crippen LogP contribution in [0, 0.1) is 6.92 Å². The summed E-state index contributed by atoms with van der Waals surface area (Å²) >= 11 is 5.80. The zero-order valence-corrected chi connectivity index (χ0v) is 12.3. The molecule has 0 amide bonds. The zero-order valence-electron chi connectivity index (χ0n) is 11.6. The monoisotopic (exact) mass is 314 g/mol. The van der Waals surface area contributed by atoms with E-state index in [0.29, 0.717) is 27.2 Å². The van der Waals surface area contributed by atoms with Crippen LogP contribution in [0.2, 0.25) is 5.02 Å². The molecule has 0 unspecified atom stereocenters. The van der Waals surface area contributed by atoms with Gasteiger partial charge in [0.15, 0.2) is 5.69 Å². The van der Waals surface area contributed by atoms with E-state index in [1.54, 1.807) is 37.3 Å². The predicted molar refractivity (Wildman–Crippen MR) is 84.5 cm³/mol. The highest BCUT2D eigenvalue weighted by molar-refractivity contribution is 6.30. The van der Waals surface area contributed by atoms with Crippen molar-refractivity contribution in [3.8, 4) is 5.75 Å². The van der Waals surface area contributed by atoms with Gasteiger partial charge in [-0.15, -0.1) is 5.11 Å². The summed E-state index contributed by atoms with van der Waals surface area (Å²) in [6.45, 7) is 1.76. The van der Waals surface area contributed by atoms with Crippen LogP contribution >= 0.6 is 11.6 Å². The molecule has 3 rings (SSSR count). The lowest BCUT2D eigenvalue weighted by atomic mass is 10.1. The Morgan fingerprint density at radius 1 is 1.09 bits per heavy atom. The molecule has 0 saturated carbocycles. The Bertz CT molecular complexity index is 931. The second-order valence-electron chi connectivity index (χ2n) is 4.72. The van der Waals surface area contributed by atoms with Crippen LogP contribution in [0.15, 0.2) is 61.9 Å². The Labute approximate surface area is 130 Å². The maximum atomic E-state index is 12.0.